The van der Waals surface area contributed by atoms with E-state index in [0.29, 0.717) is 5.56 Å². The quantitative estimate of drug-likeness (QED) is 0.861. The molecule has 1 aromatic carbocycles. The van der Waals surface area contributed by atoms with Gasteiger partial charge in [-0.2, -0.15) is 13.2 Å². The van der Waals surface area contributed by atoms with Crippen LogP contribution in [0.5, 0.6) is 5.75 Å². The Bertz CT molecular complexity index is 365. The lowest BCUT2D eigenvalue weighted by atomic mass is 10.1. The molecular formula is C9H9ClF3NO. The van der Waals surface area contributed by atoms with Crippen LogP contribution in [0.4, 0.5) is 13.2 Å². The predicted molar refractivity (Wildman–Crippen MR) is 50.9 cm³/mol. The van der Waals surface area contributed by atoms with Crippen molar-refractivity contribution in [1.82, 2.24) is 0 Å². The molecule has 84 valence electrons. The molecule has 0 aliphatic heterocycles. The maximum Gasteiger partial charge on any atom is 0.421 e. The topological polar surface area (TPSA) is 35.2 Å². The molecule has 6 heteroatoms. The first-order chi connectivity index (χ1) is 6.90. The van der Waals surface area contributed by atoms with Gasteiger partial charge in [0, 0.05) is 6.54 Å². The molecule has 0 aliphatic rings. The lowest BCUT2D eigenvalue weighted by molar-refractivity contribution is -0.138. The van der Waals surface area contributed by atoms with Gasteiger partial charge in [0.1, 0.15) is 11.3 Å². The summed E-state index contributed by atoms with van der Waals surface area (Å²) in [6.45, 7) is 0.105. The average Bonchev–Trinajstić information content (AvgIpc) is 2.14. The highest BCUT2D eigenvalue weighted by atomic mass is 35.5. The molecule has 1 rings (SSSR count). The minimum atomic E-state index is -4.53. The van der Waals surface area contributed by atoms with E-state index in [0.717, 1.165) is 7.11 Å². The molecule has 0 unspecified atom stereocenters. The number of nitrogens with two attached hydrogens (primary N) is 1. The van der Waals surface area contributed by atoms with E-state index in [1.165, 1.54) is 12.1 Å². The van der Waals surface area contributed by atoms with Gasteiger partial charge in [0.2, 0.25) is 0 Å². The zero-order chi connectivity index (χ0) is 11.6. The van der Waals surface area contributed by atoms with Crippen molar-refractivity contribution in [1.29, 1.82) is 0 Å². The Hall–Kier alpha value is -0.940. The zero-order valence-electron chi connectivity index (χ0n) is 7.86. The minimum Gasteiger partial charge on any atom is -0.496 e. The van der Waals surface area contributed by atoms with Crippen LogP contribution >= 0.6 is 11.6 Å². The number of hydrogen-bond donors (Lipinski definition) is 1. The number of ether oxygens (including phenoxy) is 1. The lowest BCUT2D eigenvalue weighted by Gasteiger charge is -2.14. The summed E-state index contributed by atoms with van der Waals surface area (Å²) in [6, 6.07) is 2.42. The maximum atomic E-state index is 12.5. The summed E-state index contributed by atoms with van der Waals surface area (Å²) in [4.78, 5) is 0. The largest absolute Gasteiger partial charge is 0.496 e. The van der Waals surface area contributed by atoms with Crippen LogP contribution in [0.15, 0.2) is 12.1 Å². The Balaban J connectivity index is 3.38. The van der Waals surface area contributed by atoms with Crippen molar-refractivity contribution in [2.45, 2.75) is 12.7 Å². The number of methoxy groups -OCH3 is 1. The van der Waals surface area contributed by atoms with Crippen molar-refractivity contribution in [2.24, 2.45) is 5.73 Å². The Kier molecular flexibility index (Phi) is 3.46. The van der Waals surface area contributed by atoms with Gasteiger partial charge in [-0.3, -0.25) is 0 Å². The van der Waals surface area contributed by atoms with Crippen molar-refractivity contribution in [3.8, 4) is 5.75 Å². The first kappa shape index (κ1) is 12.1. The molecule has 2 nitrogen and oxygen atoms in total. The van der Waals surface area contributed by atoms with Crippen LogP contribution in [0.25, 0.3) is 0 Å². The normalized spacial score (nSPS) is 11.6. The summed E-state index contributed by atoms with van der Waals surface area (Å²) < 4.78 is 42.2. The number of rotatable bonds is 2. The van der Waals surface area contributed by atoms with Gasteiger partial charge >= 0.3 is 6.18 Å². The highest BCUT2D eigenvalue weighted by Crippen LogP contribution is 2.41. The molecule has 15 heavy (non-hydrogen) atoms. The van der Waals surface area contributed by atoms with Gasteiger partial charge in [-0.15, -0.1) is 0 Å². The third-order valence-corrected chi connectivity index (χ3v) is 2.15. The molecule has 0 fully saturated rings. The molecule has 0 atom stereocenters. The molecule has 0 amide bonds. The summed E-state index contributed by atoms with van der Waals surface area (Å²) >= 11 is 5.52. The highest BCUT2D eigenvalue weighted by Gasteiger charge is 2.37. The molecule has 1 aromatic rings. The second-order valence-electron chi connectivity index (χ2n) is 2.86. The Morgan fingerprint density at radius 1 is 1.40 bits per heavy atom. The van der Waals surface area contributed by atoms with E-state index in [-0.39, 0.29) is 12.3 Å². The summed E-state index contributed by atoms with van der Waals surface area (Å²) in [5, 5.41) is -0.401. The molecule has 0 bridgehead atoms. The third kappa shape index (κ3) is 2.54. The molecule has 2 N–H and O–H groups in total. The van der Waals surface area contributed by atoms with E-state index >= 15 is 0 Å². The molecular weight excluding hydrogens is 231 g/mol. The molecule has 0 saturated heterocycles. The number of hydrogen-bond acceptors (Lipinski definition) is 2. The first-order valence-electron chi connectivity index (χ1n) is 4.03. The molecule has 0 radical (unpaired) electrons. The van der Waals surface area contributed by atoms with Crippen molar-refractivity contribution >= 4 is 11.6 Å². The van der Waals surface area contributed by atoms with Crippen molar-refractivity contribution in [3.63, 3.8) is 0 Å². The monoisotopic (exact) mass is 239 g/mol. The van der Waals surface area contributed by atoms with Gasteiger partial charge < -0.3 is 10.5 Å². The van der Waals surface area contributed by atoms with Gasteiger partial charge in [-0.1, -0.05) is 11.6 Å². The number of alkyl halides is 3. The van der Waals surface area contributed by atoms with E-state index in [9.17, 15) is 13.2 Å². The summed E-state index contributed by atoms with van der Waals surface area (Å²) in [7, 11) is 1.15. The van der Waals surface area contributed by atoms with Crippen LogP contribution in [-0.4, -0.2) is 7.11 Å². The van der Waals surface area contributed by atoms with Crippen LogP contribution < -0.4 is 10.5 Å². The first-order valence-corrected chi connectivity index (χ1v) is 4.41. The molecule has 0 spiro atoms. The van der Waals surface area contributed by atoms with E-state index in [2.05, 4.69) is 4.74 Å². The van der Waals surface area contributed by atoms with Crippen LogP contribution in [0.3, 0.4) is 0 Å². The highest BCUT2D eigenvalue weighted by molar-refractivity contribution is 6.31. The zero-order valence-corrected chi connectivity index (χ0v) is 8.62. The van der Waals surface area contributed by atoms with Gasteiger partial charge in [0.05, 0.1) is 12.1 Å². The minimum absolute atomic E-state index is 0.105. The third-order valence-electron chi connectivity index (χ3n) is 1.85. The maximum absolute atomic E-state index is 12.5. The van der Waals surface area contributed by atoms with Crippen LogP contribution in [0, 0.1) is 0 Å². The lowest BCUT2D eigenvalue weighted by Crippen LogP contribution is -2.10. The summed E-state index contributed by atoms with van der Waals surface area (Å²) in [6.07, 6.45) is -4.53. The average molecular weight is 240 g/mol. The fourth-order valence-electron chi connectivity index (χ4n) is 1.19. The van der Waals surface area contributed by atoms with Gasteiger partial charge in [-0.25, -0.2) is 0 Å². The number of benzene rings is 1. The summed E-state index contributed by atoms with van der Waals surface area (Å²) in [5.74, 6) is -0.310. The van der Waals surface area contributed by atoms with Gasteiger partial charge in [0.25, 0.3) is 0 Å². The van der Waals surface area contributed by atoms with Crippen molar-refractivity contribution in [2.75, 3.05) is 7.11 Å². The predicted octanol–water partition coefficient (Wildman–Crippen LogP) is 2.83. The van der Waals surface area contributed by atoms with Crippen molar-refractivity contribution < 1.29 is 17.9 Å². The molecule has 0 aromatic heterocycles. The van der Waals surface area contributed by atoms with Crippen molar-refractivity contribution in [3.05, 3.63) is 28.3 Å². The Morgan fingerprint density at radius 2 is 2.00 bits per heavy atom. The second-order valence-corrected chi connectivity index (χ2v) is 3.26. The van der Waals surface area contributed by atoms with E-state index < -0.39 is 16.8 Å². The van der Waals surface area contributed by atoms with Crippen LogP contribution in [0.2, 0.25) is 5.02 Å². The molecule has 0 aliphatic carbocycles. The van der Waals surface area contributed by atoms with Gasteiger partial charge in [-0.05, 0) is 17.7 Å². The van der Waals surface area contributed by atoms with E-state index in [1.54, 1.807) is 0 Å². The Labute approximate surface area is 89.8 Å². The SMILES string of the molecule is COc1cc(CN)cc(Cl)c1C(F)(F)F. The fraction of sp³-hybridized carbons (Fsp3) is 0.333. The number of halogens is 4. The standard InChI is InChI=1S/C9H9ClF3NO/c1-15-7-3-5(4-14)2-6(10)8(7)9(11,12)13/h2-3H,4,14H2,1H3. The van der Waals surface area contributed by atoms with Gasteiger partial charge in [0.15, 0.2) is 0 Å². The second kappa shape index (κ2) is 4.28. The molecule has 0 heterocycles. The van der Waals surface area contributed by atoms with Crippen LogP contribution in [-0.2, 0) is 12.7 Å². The Morgan fingerprint density at radius 3 is 2.40 bits per heavy atom. The fourth-order valence-corrected chi connectivity index (χ4v) is 1.53. The molecule has 0 saturated carbocycles. The summed E-state index contributed by atoms with van der Waals surface area (Å²) in [5.41, 5.74) is 4.83. The van der Waals surface area contributed by atoms with E-state index in [1.807, 2.05) is 0 Å². The van der Waals surface area contributed by atoms with E-state index in [4.69, 9.17) is 17.3 Å². The van der Waals surface area contributed by atoms with Crippen LogP contribution in [0.1, 0.15) is 11.1 Å². The smallest absolute Gasteiger partial charge is 0.421 e.